The van der Waals surface area contributed by atoms with E-state index < -0.39 is 12.0 Å². The fraction of sp³-hybridized carbons (Fsp3) is 0.950. The van der Waals surface area contributed by atoms with Gasteiger partial charge in [0.25, 0.3) is 0 Å². The normalized spacial score (nSPS) is 31.0. The highest BCUT2D eigenvalue weighted by Crippen LogP contribution is 2.45. The first-order valence-electron chi connectivity index (χ1n) is 10.7. The van der Waals surface area contributed by atoms with Crippen LogP contribution in [0.4, 0.5) is 4.79 Å². The highest BCUT2D eigenvalue weighted by molar-refractivity contribution is 5.74. The van der Waals surface area contributed by atoms with Crippen molar-refractivity contribution in [2.75, 3.05) is 60.5 Å². The maximum atomic E-state index is 12.6. The molecule has 3 fully saturated rings. The van der Waals surface area contributed by atoms with Crippen LogP contribution in [-0.4, -0.2) is 104 Å². The molecule has 1 aliphatic carbocycles. The molecule has 8 heteroatoms. The maximum Gasteiger partial charge on any atom is 0.319 e. The molecule has 4 atom stereocenters. The molecular weight excluding hydrogens is 360 g/mol. The van der Waals surface area contributed by atoms with Crippen LogP contribution < -0.4 is 5.32 Å². The molecule has 2 saturated heterocycles. The van der Waals surface area contributed by atoms with Gasteiger partial charge in [-0.1, -0.05) is 0 Å². The molecule has 8 nitrogen and oxygen atoms in total. The smallest absolute Gasteiger partial charge is 0.319 e. The van der Waals surface area contributed by atoms with Crippen LogP contribution in [0.25, 0.3) is 0 Å². The average Bonchev–Trinajstić information content (AvgIpc) is 3.09. The van der Waals surface area contributed by atoms with Gasteiger partial charge in [-0.25, -0.2) is 4.79 Å². The molecule has 1 spiro atoms. The molecule has 3 aliphatic rings. The van der Waals surface area contributed by atoms with Gasteiger partial charge in [0, 0.05) is 51.0 Å². The van der Waals surface area contributed by atoms with E-state index in [1.54, 1.807) is 4.90 Å². The lowest BCUT2D eigenvalue weighted by Gasteiger charge is -2.51. The van der Waals surface area contributed by atoms with Gasteiger partial charge in [0.1, 0.15) is 6.23 Å². The Hall–Kier alpha value is -0.930. The van der Waals surface area contributed by atoms with E-state index >= 15 is 0 Å². The molecule has 2 heterocycles. The van der Waals surface area contributed by atoms with Crippen LogP contribution >= 0.6 is 0 Å². The van der Waals surface area contributed by atoms with E-state index in [2.05, 4.69) is 17.3 Å². The standard InChI is InChI=1S/C20H38N4O4/c1-5-24(19(26)21-8-9-22(2)3)18(25)16-12-15-13-20(27-10-11-28-20)7-6-17(15)23(4)14-16/h15-18,25H,5-14H2,1-4H3,(H,21,26)/t15-,16-,17-,18?/m1/s1. The van der Waals surface area contributed by atoms with E-state index in [1.165, 1.54) is 0 Å². The van der Waals surface area contributed by atoms with Crippen molar-refractivity contribution in [3.8, 4) is 0 Å². The summed E-state index contributed by atoms with van der Waals surface area (Å²) >= 11 is 0. The SMILES string of the molecule is CCN(C(=O)NCCN(C)C)C(O)[C@@H]1C[C@@H]2CC3(CC[C@H]2N(C)C1)OCCO3. The largest absolute Gasteiger partial charge is 0.373 e. The second-order valence-corrected chi connectivity index (χ2v) is 8.85. The van der Waals surface area contributed by atoms with E-state index in [1.807, 2.05) is 25.9 Å². The van der Waals surface area contributed by atoms with Crippen molar-refractivity contribution >= 4 is 6.03 Å². The second-order valence-electron chi connectivity index (χ2n) is 8.85. The van der Waals surface area contributed by atoms with Crippen LogP contribution in [0.15, 0.2) is 0 Å². The molecule has 0 bridgehead atoms. The molecule has 3 rings (SSSR count). The third-order valence-electron chi connectivity index (χ3n) is 6.62. The van der Waals surface area contributed by atoms with Gasteiger partial charge in [0.2, 0.25) is 0 Å². The monoisotopic (exact) mass is 398 g/mol. The molecule has 0 aromatic carbocycles. The molecule has 2 aliphatic heterocycles. The van der Waals surface area contributed by atoms with Crippen molar-refractivity contribution in [3.05, 3.63) is 0 Å². The molecule has 2 amide bonds. The minimum absolute atomic E-state index is 0.0300. The molecule has 1 saturated carbocycles. The van der Waals surface area contributed by atoms with E-state index in [-0.39, 0.29) is 11.9 Å². The minimum Gasteiger partial charge on any atom is -0.373 e. The number of likely N-dealkylation sites (N-methyl/N-ethyl adjacent to an activating group) is 1. The summed E-state index contributed by atoms with van der Waals surface area (Å²) < 4.78 is 11.9. The number of carbonyl (C=O) groups is 1. The summed E-state index contributed by atoms with van der Waals surface area (Å²) in [6, 6.07) is 0.315. The molecule has 2 N–H and O–H groups in total. The highest BCUT2D eigenvalue weighted by atomic mass is 16.7. The number of nitrogens with one attached hydrogen (secondary N) is 1. The zero-order chi connectivity index (χ0) is 20.3. The lowest BCUT2D eigenvalue weighted by Crippen LogP contribution is -2.58. The zero-order valence-electron chi connectivity index (χ0n) is 17.9. The number of carbonyl (C=O) groups excluding carboxylic acids is 1. The number of ether oxygens (including phenoxy) is 2. The fourth-order valence-electron chi connectivity index (χ4n) is 5.20. The molecule has 1 unspecified atom stereocenters. The molecule has 162 valence electrons. The van der Waals surface area contributed by atoms with Gasteiger partial charge in [-0.05, 0) is 46.8 Å². The van der Waals surface area contributed by atoms with Gasteiger partial charge in [-0.2, -0.15) is 0 Å². The molecule has 0 aromatic heterocycles. The lowest BCUT2D eigenvalue weighted by molar-refractivity contribution is -0.205. The number of nitrogens with zero attached hydrogens (tertiary/aromatic N) is 3. The quantitative estimate of drug-likeness (QED) is 0.644. The van der Waals surface area contributed by atoms with E-state index in [0.29, 0.717) is 38.3 Å². The number of urea groups is 1. The third-order valence-corrected chi connectivity index (χ3v) is 6.62. The summed E-state index contributed by atoms with van der Waals surface area (Å²) in [6.45, 7) is 5.91. The summed E-state index contributed by atoms with van der Waals surface area (Å²) in [4.78, 5) is 18.5. The van der Waals surface area contributed by atoms with Crippen LogP contribution in [0.5, 0.6) is 0 Å². The number of amides is 2. The Morgan fingerprint density at radius 3 is 2.71 bits per heavy atom. The van der Waals surface area contributed by atoms with E-state index in [4.69, 9.17) is 9.47 Å². The van der Waals surface area contributed by atoms with Crippen LogP contribution in [0, 0.1) is 11.8 Å². The Morgan fingerprint density at radius 2 is 2.07 bits per heavy atom. The molecule has 28 heavy (non-hydrogen) atoms. The summed E-state index contributed by atoms with van der Waals surface area (Å²) in [5.74, 6) is 0.0335. The van der Waals surface area contributed by atoms with E-state index in [9.17, 15) is 9.90 Å². The predicted octanol–water partition coefficient (Wildman–Crippen LogP) is 0.761. The number of hydrogen-bond acceptors (Lipinski definition) is 6. The number of hydrogen-bond donors (Lipinski definition) is 2. The fourth-order valence-corrected chi connectivity index (χ4v) is 5.20. The lowest BCUT2D eigenvalue weighted by atomic mass is 9.72. The van der Waals surface area contributed by atoms with Gasteiger partial charge in [0.05, 0.1) is 13.2 Å². The Morgan fingerprint density at radius 1 is 1.36 bits per heavy atom. The van der Waals surface area contributed by atoms with Crippen molar-refractivity contribution in [2.45, 2.75) is 50.7 Å². The number of fused-ring (bicyclic) bond motifs is 1. The first-order chi connectivity index (χ1) is 13.3. The minimum atomic E-state index is -0.781. The van der Waals surface area contributed by atoms with Crippen LogP contribution in [-0.2, 0) is 9.47 Å². The molecule has 0 radical (unpaired) electrons. The first-order valence-corrected chi connectivity index (χ1v) is 10.7. The van der Waals surface area contributed by atoms with Gasteiger partial charge < -0.3 is 29.7 Å². The number of rotatable bonds is 6. The first kappa shape index (κ1) is 21.8. The molecule has 0 aromatic rings. The number of aliphatic hydroxyl groups is 1. The maximum absolute atomic E-state index is 12.6. The number of aliphatic hydroxyl groups excluding tert-OH is 1. The van der Waals surface area contributed by atoms with Crippen LogP contribution in [0.2, 0.25) is 0 Å². The van der Waals surface area contributed by atoms with Crippen LogP contribution in [0.1, 0.15) is 32.6 Å². The topological polar surface area (TPSA) is 77.5 Å². The summed E-state index contributed by atoms with van der Waals surface area (Å²) in [7, 11) is 6.08. The van der Waals surface area contributed by atoms with Crippen molar-refractivity contribution < 1.29 is 19.4 Å². The Bertz CT molecular complexity index is 526. The zero-order valence-corrected chi connectivity index (χ0v) is 17.9. The van der Waals surface area contributed by atoms with Crippen molar-refractivity contribution in [2.24, 2.45) is 11.8 Å². The summed E-state index contributed by atoms with van der Waals surface area (Å²) in [5, 5.41) is 14.0. The average molecular weight is 399 g/mol. The predicted molar refractivity (Wildman–Crippen MR) is 107 cm³/mol. The molecular formula is C20H38N4O4. The summed E-state index contributed by atoms with van der Waals surface area (Å²) in [6.07, 6.45) is 3.00. The Kier molecular flexibility index (Phi) is 7.20. The number of likely N-dealkylation sites (tertiary alicyclic amines) is 1. The number of piperidine rings is 1. The van der Waals surface area contributed by atoms with Crippen molar-refractivity contribution in [3.63, 3.8) is 0 Å². The van der Waals surface area contributed by atoms with Gasteiger partial charge >= 0.3 is 6.03 Å². The third kappa shape index (κ3) is 4.79. The highest BCUT2D eigenvalue weighted by Gasteiger charge is 2.49. The summed E-state index contributed by atoms with van der Waals surface area (Å²) in [5.41, 5.74) is 0. The van der Waals surface area contributed by atoms with Gasteiger partial charge in [-0.15, -0.1) is 0 Å². The van der Waals surface area contributed by atoms with Crippen LogP contribution in [0.3, 0.4) is 0 Å². The van der Waals surface area contributed by atoms with Crippen molar-refractivity contribution in [1.82, 2.24) is 20.0 Å². The van der Waals surface area contributed by atoms with E-state index in [0.717, 1.165) is 38.8 Å². The van der Waals surface area contributed by atoms with Gasteiger partial charge in [-0.3, -0.25) is 4.90 Å². The Balaban J connectivity index is 1.61. The Labute approximate surface area is 169 Å². The van der Waals surface area contributed by atoms with Gasteiger partial charge in [0.15, 0.2) is 5.79 Å². The van der Waals surface area contributed by atoms with Crippen molar-refractivity contribution in [1.29, 1.82) is 0 Å². The second kappa shape index (κ2) is 9.26.